The van der Waals surface area contributed by atoms with Crippen LogP contribution in [0.25, 0.3) is 0 Å². The molecule has 1 rings (SSSR count). The Kier molecular flexibility index (Phi) is 8.36. The minimum Gasteiger partial charge on any atom is -0.379 e. The molecule has 0 N–H and O–H groups in total. The molecule has 0 unspecified atom stereocenters. The Labute approximate surface area is 162 Å². The lowest BCUT2D eigenvalue weighted by molar-refractivity contribution is -0.134. The molecule has 4 nitrogen and oxygen atoms in total. The Morgan fingerprint density at radius 2 is 1.92 bits per heavy atom. The van der Waals surface area contributed by atoms with Crippen molar-refractivity contribution < 1.29 is 9.53 Å². The van der Waals surface area contributed by atoms with E-state index in [1.807, 2.05) is 36.5 Å². The largest absolute Gasteiger partial charge is 0.379 e. The van der Waals surface area contributed by atoms with Crippen molar-refractivity contribution in [1.82, 2.24) is 8.83 Å². The fraction of sp³-hybridized carbons (Fsp3) is 0.750. The van der Waals surface area contributed by atoms with Crippen molar-refractivity contribution in [1.29, 1.82) is 0 Å². The molecule has 0 aromatic carbocycles. The Bertz CT molecular complexity index is 500. The molecule has 1 saturated heterocycles. The van der Waals surface area contributed by atoms with Crippen molar-refractivity contribution in [2.24, 2.45) is 5.92 Å². The van der Waals surface area contributed by atoms with E-state index in [0.29, 0.717) is 25.7 Å². The van der Waals surface area contributed by atoms with Crippen molar-refractivity contribution >= 4 is 22.1 Å². The van der Waals surface area contributed by atoms with Crippen LogP contribution in [0.5, 0.6) is 0 Å². The van der Waals surface area contributed by atoms with Gasteiger partial charge in [-0.1, -0.05) is 38.2 Å². The molecule has 144 valence electrons. The number of carbonyl (C=O) groups excluding carboxylic acids is 1. The molecule has 1 amide bonds. The van der Waals surface area contributed by atoms with E-state index in [1.54, 1.807) is 0 Å². The Hall–Kier alpha value is -0.650. The van der Waals surface area contributed by atoms with Gasteiger partial charge in [0.25, 0.3) is 0 Å². The molecule has 25 heavy (non-hydrogen) atoms. The van der Waals surface area contributed by atoms with Gasteiger partial charge in [-0.05, 0) is 52.9 Å². The maximum Gasteiger partial charge on any atom is 0.245 e. The summed E-state index contributed by atoms with van der Waals surface area (Å²) in [5.41, 5.74) is 0.318. The highest BCUT2D eigenvalue weighted by Crippen LogP contribution is 2.40. The van der Waals surface area contributed by atoms with Gasteiger partial charge in [0.2, 0.25) is 5.91 Å². The third-order valence-corrected chi connectivity index (χ3v) is 6.77. The summed E-state index contributed by atoms with van der Waals surface area (Å²) in [6.45, 7) is 18.3. The molecular formula is C20H35BrN2O2. The summed E-state index contributed by atoms with van der Waals surface area (Å²) in [5.74, 6) is 0.604. The van der Waals surface area contributed by atoms with Crippen LogP contribution in [0, 0.1) is 5.92 Å². The van der Waals surface area contributed by atoms with E-state index < -0.39 is 5.54 Å². The van der Waals surface area contributed by atoms with E-state index in [0.717, 1.165) is 19.3 Å². The second kappa shape index (κ2) is 9.33. The lowest BCUT2D eigenvalue weighted by Crippen LogP contribution is -2.47. The predicted octanol–water partition coefficient (Wildman–Crippen LogP) is 4.91. The average Bonchev–Trinajstić information content (AvgIpc) is 2.66. The molecule has 1 atom stereocenters. The van der Waals surface area contributed by atoms with Crippen LogP contribution in [-0.2, 0) is 9.53 Å². The zero-order chi connectivity index (χ0) is 19.3. The second-order valence-electron chi connectivity index (χ2n) is 7.83. The third kappa shape index (κ3) is 5.41. The van der Waals surface area contributed by atoms with Gasteiger partial charge in [-0.15, -0.1) is 0 Å². The predicted molar refractivity (Wildman–Crippen MR) is 108 cm³/mol. The molecule has 0 bridgehead atoms. The molecule has 0 aliphatic carbocycles. The van der Waals surface area contributed by atoms with Gasteiger partial charge in [-0.2, -0.15) is 0 Å². The highest BCUT2D eigenvalue weighted by molar-refractivity contribution is 9.07. The molecule has 0 saturated carbocycles. The number of amides is 1. The first-order valence-electron chi connectivity index (χ1n) is 9.25. The minimum atomic E-state index is -0.542. The van der Waals surface area contributed by atoms with Crippen molar-refractivity contribution in [2.45, 2.75) is 72.0 Å². The lowest BCUT2D eigenvalue weighted by Gasteiger charge is -2.35. The standard InChI is InChI=1S/C20H35BrN2O2/c1-8-9-10-11-16(2)17(3)12-14-25-15-13-22-18(24)19(4,5)23(21)20(22,6)7/h9-10,16H,3,8,11-15H2,1-2,4-7H3/b10-9-/t16-/m0/s1. The van der Waals surface area contributed by atoms with E-state index >= 15 is 0 Å². The van der Waals surface area contributed by atoms with Crippen LogP contribution in [0.4, 0.5) is 0 Å². The van der Waals surface area contributed by atoms with Gasteiger partial charge in [0, 0.05) is 22.7 Å². The molecule has 0 spiro atoms. The molecule has 1 heterocycles. The lowest BCUT2D eigenvalue weighted by atomic mass is 9.96. The molecule has 0 aromatic rings. The third-order valence-electron chi connectivity index (χ3n) is 5.02. The van der Waals surface area contributed by atoms with Crippen LogP contribution in [0.3, 0.4) is 0 Å². The SMILES string of the molecule is C=C(CCOCCN1C(=O)C(C)(C)N(Br)C1(C)C)[C@@H](C)C/C=C\CC. The first-order chi connectivity index (χ1) is 11.6. The summed E-state index contributed by atoms with van der Waals surface area (Å²) in [7, 11) is 0. The zero-order valence-corrected chi connectivity index (χ0v) is 18.4. The molecule has 1 fully saturated rings. The summed E-state index contributed by atoms with van der Waals surface area (Å²) in [4.78, 5) is 14.5. The number of carbonyl (C=O) groups is 1. The number of hydrogen-bond donors (Lipinski definition) is 0. The van der Waals surface area contributed by atoms with Crippen molar-refractivity contribution in [2.75, 3.05) is 19.8 Å². The highest BCUT2D eigenvalue weighted by Gasteiger charge is 2.55. The summed E-state index contributed by atoms with van der Waals surface area (Å²) in [5, 5.41) is 0. The monoisotopic (exact) mass is 414 g/mol. The number of halogens is 1. The van der Waals surface area contributed by atoms with Crippen LogP contribution in [0.1, 0.15) is 60.8 Å². The second-order valence-corrected chi connectivity index (χ2v) is 8.54. The summed E-state index contributed by atoms with van der Waals surface area (Å²) >= 11 is 3.56. The van der Waals surface area contributed by atoms with E-state index in [4.69, 9.17) is 4.74 Å². The zero-order valence-electron chi connectivity index (χ0n) is 16.8. The Morgan fingerprint density at radius 1 is 1.28 bits per heavy atom. The van der Waals surface area contributed by atoms with Gasteiger partial charge in [0.05, 0.1) is 13.2 Å². The maximum atomic E-state index is 12.6. The molecular weight excluding hydrogens is 380 g/mol. The fourth-order valence-corrected chi connectivity index (χ4v) is 3.51. The Morgan fingerprint density at radius 3 is 2.44 bits per heavy atom. The quantitative estimate of drug-likeness (QED) is 0.289. The van der Waals surface area contributed by atoms with E-state index in [-0.39, 0.29) is 11.6 Å². The van der Waals surface area contributed by atoms with Crippen molar-refractivity contribution in [3.8, 4) is 0 Å². The van der Waals surface area contributed by atoms with Gasteiger partial charge in [-0.3, -0.25) is 4.79 Å². The molecule has 0 radical (unpaired) electrons. The first-order valence-corrected chi connectivity index (χ1v) is 9.96. The van der Waals surface area contributed by atoms with Gasteiger partial charge in [0.1, 0.15) is 11.2 Å². The van der Waals surface area contributed by atoms with E-state index in [1.165, 1.54) is 5.57 Å². The molecule has 1 aliphatic rings. The van der Waals surface area contributed by atoms with Crippen LogP contribution < -0.4 is 0 Å². The van der Waals surface area contributed by atoms with Crippen molar-refractivity contribution in [3.63, 3.8) is 0 Å². The van der Waals surface area contributed by atoms with E-state index in [9.17, 15) is 4.79 Å². The fourth-order valence-electron chi connectivity index (χ4n) is 3.17. The summed E-state index contributed by atoms with van der Waals surface area (Å²) in [6.07, 6.45) is 7.42. The van der Waals surface area contributed by atoms with Gasteiger partial charge >= 0.3 is 0 Å². The molecule has 0 aromatic heterocycles. The number of nitrogens with zero attached hydrogens (tertiary/aromatic N) is 2. The topological polar surface area (TPSA) is 32.8 Å². The smallest absolute Gasteiger partial charge is 0.245 e. The summed E-state index contributed by atoms with van der Waals surface area (Å²) < 4.78 is 7.73. The normalized spacial score (nSPS) is 21.2. The van der Waals surface area contributed by atoms with Gasteiger partial charge < -0.3 is 9.64 Å². The minimum absolute atomic E-state index is 0.124. The Balaban J connectivity index is 2.35. The van der Waals surface area contributed by atoms with Gasteiger partial charge in [0.15, 0.2) is 0 Å². The maximum absolute atomic E-state index is 12.6. The highest BCUT2D eigenvalue weighted by atomic mass is 79.9. The van der Waals surface area contributed by atoms with Crippen LogP contribution in [0.15, 0.2) is 24.3 Å². The number of allylic oxidation sites excluding steroid dienone is 2. The number of hydrogen-bond acceptors (Lipinski definition) is 3. The average molecular weight is 415 g/mol. The van der Waals surface area contributed by atoms with Crippen molar-refractivity contribution in [3.05, 3.63) is 24.3 Å². The van der Waals surface area contributed by atoms with E-state index in [2.05, 4.69) is 48.7 Å². The first kappa shape index (κ1) is 22.4. The van der Waals surface area contributed by atoms with Gasteiger partial charge in [-0.25, -0.2) is 3.93 Å². The number of rotatable bonds is 10. The summed E-state index contributed by atoms with van der Waals surface area (Å²) in [6, 6.07) is 0. The number of ether oxygens (including phenoxy) is 1. The van der Waals surface area contributed by atoms with Crippen LogP contribution in [0.2, 0.25) is 0 Å². The molecule has 1 aliphatic heterocycles. The molecule has 5 heteroatoms. The van der Waals surface area contributed by atoms with Crippen LogP contribution >= 0.6 is 16.1 Å². The van der Waals surface area contributed by atoms with Crippen LogP contribution in [-0.4, -0.2) is 45.7 Å².